The molecule has 0 aliphatic carbocycles. The van der Waals surface area contributed by atoms with Crippen LogP contribution >= 0.6 is 0 Å². The Morgan fingerprint density at radius 2 is 1.84 bits per heavy atom. The van der Waals surface area contributed by atoms with Gasteiger partial charge in [-0.15, -0.1) is 0 Å². The zero-order valence-electron chi connectivity index (χ0n) is 11.9. The van der Waals surface area contributed by atoms with Crippen LogP contribution in [0.4, 0.5) is 4.79 Å². The molecule has 2 rings (SSSR count). The van der Waals surface area contributed by atoms with Crippen LogP contribution < -0.4 is 0 Å². The molecule has 1 unspecified atom stereocenters. The molecule has 1 N–H and O–H groups in total. The number of hydrogen-bond donors (Lipinski definition) is 1. The summed E-state index contributed by atoms with van der Waals surface area (Å²) >= 11 is 0. The van der Waals surface area contributed by atoms with Gasteiger partial charge in [-0.1, -0.05) is 13.8 Å². The Morgan fingerprint density at radius 1 is 1.21 bits per heavy atom. The minimum Gasteiger partial charge on any atom is -0.481 e. The summed E-state index contributed by atoms with van der Waals surface area (Å²) < 4.78 is 0. The van der Waals surface area contributed by atoms with Crippen LogP contribution in [-0.4, -0.2) is 53.1 Å². The summed E-state index contributed by atoms with van der Waals surface area (Å²) in [4.78, 5) is 27.4. The first-order valence-corrected chi connectivity index (χ1v) is 7.26. The fourth-order valence-corrected chi connectivity index (χ4v) is 3.15. The van der Waals surface area contributed by atoms with Crippen LogP contribution in [0.2, 0.25) is 0 Å². The predicted octanol–water partition coefficient (Wildman–Crippen LogP) is 2.03. The normalized spacial score (nSPS) is 26.5. The summed E-state index contributed by atoms with van der Waals surface area (Å²) in [6.07, 6.45) is 2.88. The van der Waals surface area contributed by atoms with E-state index in [1.165, 1.54) is 0 Å². The van der Waals surface area contributed by atoms with E-state index in [9.17, 15) is 14.7 Å². The Balaban J connectivity index is 1.92. The number of carboxylic acids is 1. The van der Waals surface area contributed by atoms with Gasteiger partial charge in [0.1, 0.15) is 0 Å². The quantitative estimate of drug-likeness (QED) is 0.833. The van der Waals surface area contributed by atoms with Crippen LogP contribution in [-0.2, 0) is 4.79 Å². The Kier molecular flexibility index (Phi) is 4.02. The molecule has 5 nitrogen and oxygen atoms in total. The molecule has 0 aromatic carbocycles. The highest BCUT2D eigenvalue weighted by Gasteiger charge is 2.41. The number of carbonyl (C=O) groups is 2. The number of urea groups is 1. The molecule has 108 valence electrons. The summed E-state index contributed by atoms with van der Waals surface area (Å²) in [6.45, 7) is 6.92. The summed E-state index contributed by atoms with van der Waals surface area (Å²) in [7, 11) is 0. The lowest BCUT2D eigenvalue weighted by atomic mass is 9.76. The van der Waals surface area contributed by atoms with E-state index in [0.717, 1.165) is 19.5 Å². The molecule has 0 saturated carbocycles. The monoisotopic (exact) mass is 268 g/mol. The molecule has 2 aliphatic heterocycles. The largest absolute Gasteiger partial charge is 0.481 e. The molecular formula is C14H24N2O3. The number of rotatable bonds is 2. The van der Waals surface area contributed by atoms with Crippen molar-refractivity contribution >= 4 is 12.0 Å². The molecular weight excluding hydrogens is 244 g/mol. The van der Waals surface area contributed by atoms with E-state index in [2.05, 4.69) is 6.92 Å². The molecule has 2 heterocycles. The molecule has 2 aliphatic rings. The standard InChI is InChI=1S/C14H24N2O3/c1-3-14(12(17)18)5-8-15(9-6-14)13(19)16-7-4-11(2)10-16/h11H,3-10H2,1-2H3,(H,17,18). The van der Waals surface area contributed by atoms with E-state index in [1.807, 2.05) is 16.7 Å². The van der Waals surface area contributed by atoms with Crippen LogP contribution in [0.15, 0.2) is 0 Å². The first-order valence-electron chi connectivity index (χ1n) is 7.26. The van der Waals surface area contributed by atoms with Crippen LogP contribution in [0.3, 0.4) is 0 Å². The average Bonchev–Trinajstić information content (AvgIpc) is 2.84. The third-order valence-corrected chi connectivity index (χ3v) is 4.82. The van der Waals surface area contributed by atoms with Gasteiger partial charge in [0.2, 0.25) is 0 Å². The molecule has 0 radical (unpaired) electrons. The molecule has 0 bridgehead atoms. The number of hydrogen-bond acceptors (Lipinski definition) is 2. The van der Waals surface area contributed by atoms with Gasteiger partial charge in [0.05, 0.1) is 5.41 Å². The number of carboxylic acid groups (broad SMARTS) is 1. The van der Waals surface area contributed by atoms with E-state index in [0.29, 0.717) is 38.3 Å². The predicted molar refractivity (Wildman–Crippen MR) is 71.9 cm³/mol. The Morgan fingerprint density at radius 3 is 2.26 bits per heavy atom. The second-order valence-corrected chi connectivity index (χ2v) is 6.05. The number of carbonyl (C=O) groups excluding carboxylic acids is 1. The first kappa shape index (κ1) is 14.2. The lowest BCUT2D eigenvalue weighted by molar-refractivity contribution is -0.152. The molecule has 1 atom stereocenters. The molecule has 2 fully saturated rings. The van der Waals surface area contributed by atoms with Crippen molar-refractivity contribution < 1.29 is 14.7 Å². The van der Waals surface area contributed by atoms with Crippen LogP contribution in [0, 0.1) is 11.3 Å². The summed E-state index contributed by atoms with van der Waals surface area (Å²) in [5, 5.41) is 9.35. The van der Waals surface area contributed by atoms with Crippen LogP contribution in [0.25, 0.3) is 0 Å². The molecule has 19 heavy (non-hydrogen) atoms. The minimum absolute atomic E-state index is 0.0967. The minimum atomic E-state index is -0.711. The fraction of sp³-hybridized carbons (Fsp3) is 0.857. The molecule has 0 aromatic rings. The summed E-state index contributed by atoms with van der Waals surface area (Å²) in [6, 6.07) is 0.0967. The zero-order valence-corrected chi connectivity index (χ0v) is 11.9. The molecule has 0 spiro atoms. The Labute approximate surface area is 114 Å². The van der Waals surface area contributed by atoms with Gasteiger partial charge in [0.25, 0.3) is 0 Å². The maximum atomic E-state index is 12.3. The summed E-state index contributed by atoms with van der Waals surface area (Å²) in [5.41, 5.74) is -0.616. The van der Waals surface area contributed by atoms with Crippen molar-refractivity contribution in [1.29, 1.82) is 0 Å². The maximum absolute atomic E-state index is 12.3. The number of amides is 2. The number of likely N-dealkylation sites (tertiary alicyclic amines) is 2. The van der Waals surface area contributed by atoms with Crippen LogP contribution in [0.1, 0.15) is 39.5 Å². The van der Waals surface area contributed by atoms with Gasteiger partial charge in [-0.3, -0.25) is 4.79 Å². The fourth-order valence-electron chi connectivity index (χ4n) is 3.15. The SMILES string of the molecule is CCC1(C(=O)O)CCN(C(=O)N2CCC(C)C2)CC1. The first-order chi connectivity index (χ1) is 8.98. The highest BCUT2D eigenvalue weighted by molar-refractivity contribution is 5.77. The zero-order chi connectivity index (χ0) is 14.0. The third-order valence-electron chi connectivity index (χ3n) is 4.82. The van der Waals surface area contributed by atoms with E-state index >= 15 is 0 Å². The van der Waals surface area contributed by atoms with Crippen molar-refractivity contribution in [1.82, 2.24) is 9.80 Å². The van der Waals surface area contributed by atoms with E-state index in [-0.39, 0.29) is 6.03 Å². The number of piperidine rings is 1. The van der Waals surface area contributed by atoms with Crippen molar-refractivity contribution in [3.63, 3.8) is 0 Å². The molecule has 0 aromatic heterocycles. The van der Waals surface area contributed by atoms with Crippen molar-refractivity contribution in [2.45, 2.75) is 39.5 Å². The van der Waals surface area contributed by atoms with Crippen molar-refractivity contribution in [2.24, 2.45) is 11.3 Å². The van der Waals surface area contributed by atoms with Gasteiger partial charge in [0, 0.05) is 26.2 Å². The van der Waals surface area contributed by atoms with Gasteiger partial charge in [-0.05, 0) is 31.6 Å². The average molecular weight is 268 g/mol. The summed E-state index contributed by atoms with van der Waals surface area (Å²) in [5.74, 6) is -0.126. The van der Waals surface area contributed by atoms with Crippen molar-refractivity contribution in [3.05, 3.63) is 0 Å². The smallest absolute Gasteiger partial charge is 0.320 e. The molecule has 2 amide bonds. The Bertz CT molecular complexity index is 362. The van der Waals surface area contributed by atoms with Gasteiger partial charge < -0.3 is 14.9 Å². The van der Waals surface area contributed by atoms with Crippen molar-refractivity contribution in [2.75, 3.05) is 26.2 Å². The molecule has 5 heteroatoms. The number of nitrogens with zero attached hydrogens (tertiary/aromatic N) is 2. The second kappa shape index (κ2) is 5.39. The second-order valence-electron chi connectivity index (χ2n) is 6.05. The van der Waals surface area contributed by atoms with E-state index < -0.39 is 11.4 Å². The number of aliphatic carboxylic acids is 1. The lowest BCUT2D eigenvalue weighted by Crippen LogP contribution is -2.50. The van der Waals surface area contributed by atoms with Gasteiger partial charge >= 0.3 is 12.0 Å². The maximum Gasteiger partial charge on any atom is 0.320 e. The van der Waals surface area contributed by atoms with Gasteiger partial charge in [-0.25, -0.2) is 4.79 Å². The van der Waals surface area contributed by atoms with E-state index in [4.69, 9.17) is 0 Å². The van der Waals surface area contributed by atoms with Crippen molar-refractivity contribution in [3.8, 4) is 0 Å². The van der Waals surface area contributed by atoms with Crippen LogP contribution in [0.5, 0.6) is 0 Å². The van der Waals surface area contributed by atoms with Gasteiger partial charge in [-0.2, -0.15) is 0 Å². The lowest BCUT2D eigenvalue weighted by Gasteiger charge is -2.39. The molecule has 2 saturated heterocycles. The van der Waals surface area contributed by atoms with Gasteiger partial charge in [0.15, 0.2) is 0 Å². The highest BCUT2D eigenvalue weighted by Crippen LogP contribution is 2.35. The third kappa shape index (κ3) is 2.69. The topological polar surface area (TPSA) is 60.9 Å². The Hall–Kier alpha value is -1.26. The van der Waals surface area contributed by atoms with E-state index in [1.54, 1.807) is 0 Å². The highest BCUT2D eigenvalue weighted by atomic mass is 16.4.